The second-order valence-electron chi connectivity index (χ2n) is 4.18. The van der Waals surface area contributed by atoms with Crippen LogP contribution in [0.3, 0.4) is 0 Å². The summed E-state index contributed by atoms with van der Waals surface area (Å²) in [6.07, 6.45) is 2.38. The van der Waals surface area contributed by atoms with Gasteiger partial charge in [-0.1, -0.05) is 0 Å². The van der Waals surface area contributed by atoms with Gasteiger partial charge in [0.25, 0.3) is 0 Å². The van der Waals surface area contributed by atoms with Gasteiger partial charge in [-0.05, 0) is 20.0 Å². The fourth-order valence-electron chi connectivity index (χ4n) is 2.00. The Kier molecular flexibility index (Phi) is 3.23. The van der Waals surface area contributed by atoms with Crippen LogP contribution in [0.5, 0.6) is 0 Å². The lowest BCUT2D eigenvalue weighted by atomic mass is 10.1. The van der Waals surface area contributed by atoms with Crippen molar-refractivity contribution in [1.82, 2.24) is 29.9 Å². The third kappa shape index (κ3) is 2.36. The van der Waals surface area contributed by atoms with E-state index in [1.807, 2.05) is 32.7 Å². The molecule has 0 radical (unpaired) electrons. The number of nitrogens with zero attached hydrogens (tertiary/aromatic N) is 5. The number of nitrogens with one attached hydrogen (secondary N) is 1. The van der Waals surface area contributed by atoms with Gasteiger partial charge in [-0.3, -0.25) is 9.36 Å². The molecule has 2 aromatic rings. The van der Waals surface area contributed by atoms with E-state index in [1.165, 1.54) is 0 Å². The van der Waals surface area contributed by atoms with Crippen LogP contribution in [0.2, 0.25) is 0 Å². The minimum absolute atomic E-state index is 0.198. The fourth-order valence-corrected chi connectivity index (χ4v) is 2.00. The first-order valence-corrected chi connectivity index (χ1v) is 5.62. The summed E-state index contributed by atoms with van der Waals surface area (Å²) in [5, 5.41) is 11.7. The molecule has 2 heterocycles. The maximum Gasteiger partial charge on any atom is 0.138 e. The highest BCUT2D eigenvalue weighted by Gasteiger charge is 2.17. The summed E-state index contributed by atoms with van der Waals surface area (Å²) in [6, 6.07) is 2.29. The quantitative estimate of drug-likeness (QED) is 0.830. The molecule has 1 unspecified atom stereocenters. The van der Waals surface area contributed by atoms with Gasteiger partial charge in [0.15, 0.2) is 0 Å². The minimum Gasteiger partial charge on any atom is -0.311 e. The number of hydrogen-bond acceptors (Lipinski definition) is 4. The van der Waals surface area contributed by atoms with Crippen molar-refractivity contribution in [3.63, 3.8) is 0 Å². The molecule has 17 heavy (non-hydrogen) atoms. The highest BCUT2D eigenvalue weighted by Crippen LogP contribution is 2.17. The second-order valence-corrected chi connectivity index (χ2v) is 4.18. The van der Waals surface area contributed by atoms with Gasteiger partial charge >= 0.3 is 0 Å². The van der Waals surface area contributed by atoms with Gasteiger partial charge in [-0.15, -0.1) is 0 Å². The van der Waals surface area contributed by atoms with Crippen molar-refractivity contribution >= 4 is 0 Å². The Morgan fingerprint density at radius 3 is 2.59 bits per heavy atom. The van der Waals surface area contributed by atoms with E-state index in [-0.39, 0.29) is 6.04 Å². The fraction of sp³-hybridized carbons (Fsp3) is 0.545. The maximum atomic E-state index is 4.37. The third-order valence-corrected chi connectivity index (χ3v) is 2.94. The molecule has 1 N–H and O–H groups in total. The average Bonchev–Trinajstić information content (AvgIpc) is 2.82. The molecule has 0 aliphatic carbocycles. The predicted molar refractivity (Wildman–Crippen MR) is 64.5 cm³/mol. The summed E-state index contributed by atoms with van der Waals surface area (Å²) in [4.78, 5) is 4.25. The molecule has 0 fully saturated rings. The molecule has 6 heteroatoms. The van der Waals surface area contributed by atoms with Crippen molar-refractivity contribution in [3.05, 3.63) is 29.6 Å². The molecular formula is C11H18N6. The van der Waals surface area contributed by atoms with Gasteiger partial charge < -0.3 is 5.32 Å². The Bertz CT molecular complexity index is 498. The van der Waals surface area contributed by atoms with Crippen LogP contribution in [-0.4, -0.2) is 31.6 Å². The van der Waals surface area contributed by atoms with Crippen LogP contribution >= 0.6 is 0 Å². The van der Waals surface area contributed by atoms with Crippen LogP contribution in [0.15, 0.2) is 12.4 Å². The zero-order valence-electron chi connectivity index (χ0n) is 10.7. The molecule has 2 rings (SSSR count). The van der Waals surface area contributed by atoms with E-state index in [1.54, 1.807) is 11.0 Å². The summed E-state index contributed by atoms with van der Waals surface area (Å²) in [5.41, 5.74) is 2.19. The van der Waals surface area contributed by atoms with Crippen molar-refractivity contribution in [3.8, 4) is 0 Å². The highest BCUT2D eigenvalue weighted by atomic mass is 15.3. The van der Waals surface area contributed by atoms with E-state index in [0.29, 0.717) is 0 Å². The molecule has 1 atom stereocenters. The molecule has 2 aromatic heterocycles. The summed E-state index contributed by atoms with van der Waals surface area (Å²) in [5.74, 6) is 0.961. The number of aromatic nitrogens is 5. The molecule has 0 saturated carbocycles. The first-order chi connectivity index (χ1) is 8.11. The monoisotopic (exact) mass is 234 g/mol. The van der Waals surface area contributed by atoms with Gasteiger partial charge in [0, 0.05) is 20.5 Å². The van der Waals surface area contributed by atoms with Crippen LogP contribution in [0.4, 0.5) is 0 Å². The lowest BCUT2D eigenvalue weighted by molar-refractivity contribution is 0.513. The van der Waals surface area contributed by atoms with E-state index in [2.05, 4.69) is 26.6 Å². The topological polar surface area (TPSA) is 60.6 Å². The maximum absolute atomic E-state index is 4.37. The largest absolute Gasteiger partial charge is 0.311 e. The zero-order chi connectivity index (χ0) is 12.4. The van der Waals surface area contributed by atoms with Crippen molar-refractivity contribution in [1.29, 1.82) is 0 Å². The van der Waals surface area contributed by atoms with Crippen molar-refractivity contribution in [2.45, 2.75) is 19.4 Å². The van der Waals surface area contributed by atoms with Gasteiger partial charge in [-0.2, -0.15) is 10.2 Å². The van der Waals surface area contributed by atoms with Gasteiger partial charge in [0.1, 0.15) is 12.2 Å². The molecule has 0 aliphatic heterocycles. The standard InChI is InChI=1S/C11H18N6/c1-8-5-10(16(3)15-8)9(12-2)6-11-13-7-14-17(11)4/h5,7,9,12H,6H2,1-4H3. The minimum atomic E-state index is 0.198. The van der Waals surface area contributed by atoms with Crippen LogP contribution in [-0.2, 0) is 20.5 Å². The SMILES string of the molecule is CNC(Cc1ncnn1C)c1cc(C)nn1C. The van der Waals surface area contributed by atoms with Gasteiger partial charge in [-0.25, -0.2) is 4.98 Å². The number of hydrogen-bond donors (Lipinski definition) is 1. The summed E-state index contributed by atoms with van der Waals surface area (Å²) in [7, 11) is 5.82. The lowest BCUT2D eigenvalue weighted by Gasteiger charge is -2.15. The smallest absolute Gasteiger partial charge is 0.138 e. The normalized spacial score (nSPS) is 12.9. The van der Waals surface area contributed by atoms with E-state index in [0.717, 1.165) is 23.6 Å². The second kappa shape index (κ2) is 4.67. The van der Waals surface area contributed by atoms with Crippen LogP contribution < -0.4 is 5.32 Å². The van der Waals surface area contributed by atoms with Crippen LogP contribution in [0.1, 0.15) is 23.3 Å². The van der Waals surface area contributed by atoms with Crippen molar-refractivity contribution < 1.29 is 0 Å². The first-order valence-electron chi connectivity index (χ1n) is 5.62. The third-order valence-electron chi connectivity index (χ3n) is 2.94. The van der Waals surface area contributed by atoms with Gasteiger partial charge in [0.2, 0.25) is 0 Å². The van der Waals surface area contributed by atoms with Crippen LogP contribution in [0.25, 0.3) is 0 Å². The summed E-state index contributed by atoms with van der Waals surface area (Å²) in [6.45, 7) is 2.00. The predicted octanol–water partition coefficient (Wildman–Crippen LogP) is 0.360. The van der Waals surface area contributed by atoms with E-state index < -0.39 is 0 Å². The molecule has 0 aromatic carbocycles. The lowest BCUT2D eigenvalue weighted by Crippen LogP contribution is -2.23. The van der Waals surface area contributed by atoms with E-state index in [4.69, 9.17) is 0 Å². The van der Waals surface area contributed by atoms with Crippen molar-refractivity contribution in [2.75, 3.05) is 7.05 Å². The van der Waals surface area contributed by atoms with Gasteiger partial charge in [0.05, 0.1) is 17.4 Å². The first kappa shape index (κ1) is 11.8. The van der Waals surface area contributed by atoms with E-state index >= 15 is 0 Å². The number of likely N-dealkylation sites (N-methyl/N-ethyl adjacent to an activating group) is 1. The van der Waals surface area contributed by atoms with Crippen molar-refractivity contribution in [2.24, 2.45) is 14.1 Å². The Hall–Kier alpha value is -1.69. The molecule has 0 amide bonds. The van der Waals surface area contributed by atoms with Crippen LogP contribution in [0, 0.1) is 6.92 Å². The number of aryl methyl sites for hydroxylation is 3. The zero-order valence-corrected chi connectivity index (χ0v) is 10.7. The molecule has 92 valence electrons. The Labute approximate surface area is 101 Å². The summed E-state index contributed by atoms with van der Waals surface area (Å²) >= 11 is 0. The molecular weight excluding hydrogens is 216 g/mol. The molecule has 0 aliphatic rings. The van der Waals surface area contributed by atoms with E-state index in [9.17, 15) is 0 Å². The molecule has 0 saturated heterocycles. The highest BCUT2D eigenvalue weighted by molar-refractivity contribution is 5.14. The Balaban J connectivity index is 2.23. The molecule has 6 nitrogen and oxygen atoms in total. The molecule has 0 spiro atoms. The summed E-state index contributed by atoms with van der Waals surface area (Å²) < 4.78 is 3.71. The number of rotatable bonds is 4. The average molecular weight is 234 g/mol. The molecule has 0 bridgehead atoms. The Morgan fingerprint density at radius 2 is 2.12 bits per heavy atom. The Morgan fingerprint density at radius 1 is 1.35 bits per heavy atom.